The maximum Gasteiger partial charge on any atom is 0.309 e. The minimum Gasteiger partial charge on any atom is -0.481 e. The molecule has 0 aliphatic heterocycles. The maximum absolute atomic E-state index is 11.9. The van der Waals surface area contributed by atoms with Gasteiger partial charge >= 0.3 is 5.97 Å². The van der Waals surface area contributed by atoms with Gasteiger partial charge in [0.15, 0.2) is 0 Å². The molecule has 0 atom stereocenters. The average molecular weight is 249 g/mol. The van der Waals surface area contributed by atoms with Crippen LogP contribution in [0.25, 0.3) is 0 Å². The van der Waals surface area contributed by atoms with Gasteiger partial charge in [0.2, 0.25) is 5.91 Å². The molecule has 1 heterocycles. The number of carbonyl (C=O) groups excluding carboxylic acids is 1. The van der Waals surface area contributed by atoms with Crippen molar-refractivity contribution < 1.29 is 14.7 Å². The lowest BCUT2D eigenvalue weighted by Gasteiger charge is -2.12. The number of aliphatic carboxylic acids is 1. The molecule has 1 fully saturated rings. The second kappa shape index (κ2) is 4.73. The van der Waals surface area contributed by atoms with Crippen LogP contribution in [-0.4, -0.2) is 28.5 Å². The van der Waals surface area contributed by atoms with Gasteiger partial charge in [0, 0.05) is 6.54 Å². The Morgan fingerprint density at radius 2 is 2.17 bits per heavy atom. The summed E-state index contributed by atoms with van der Waals surface area (Å²) in [5, 5.41) is 11.4. The fourth-order valence-electron chi connectivity index (χ4n) is 1.70. The topological polar surface area (TPSA) is 105 Å². The number of carbonyl (C=O) groups is 2. The third-order valence-corrected chi connectivity index (χ3v) is 3.14. The van der Waals surface area contributed by atoms with Gasteiger partial charge in [0.25, 0.3) is 0 Å². The van der Waals surface area contributed by atoms with Crippen LogP contribution in [0, 0.1) is 5.41 Å². The third-order valence-electron chi connectivity index (χ3n) is 3.14. The van der Waals surface area contributed by atoms with Crippen LogP contribution in [0.1, 0.15) is 18.5 Å². The zero-order valence-electron chi connectivity index (χ0n) is 9.85. The Morgan fingerprint density at radius 3 is 2.61 bits per heavy atom. The highest BCUT2D eigenvalue weighted by Gasteiger charge is 2.48. The van der Waals surface area contributed by atoms with Crippen LogP contribution in [0.3, 0.4) is 0 Å². The molecule has 0 aromatic carbocycles. The summed E-state index contributed by atoms with van der Waals surface area (Å²) in [6.45, 7) is 0.351. The van der Waals surface area contributed by atoms with E-state index in [1.54, 1.807) is 12.1 Å². The van der Waals surface area contributed by atoms with E-state index in [-0.39, 0.29) is 12.3 Å². The number of carboxylic acid groups (broad SMARTS) is 1. The number of hydrogen-bond donors (Lipinski definition) is 3. The molecule has 96 valence electrons. The highest BCUT2D eigenvalue weighted by Crippen LogP contribution is 2.45. The number of nitrogens with zero attached hydrogens (tertiary/aromatic N) is 1. The summed E-state index contributed by atoms with van der Waals surface area (Å²) < 4.78 is 0. The summed E-state index contributed by atoms with van der Waals surface area (Å²) in [5.74, 6) is -1.02. The first-order valence-electron chi connectivity index (χ1n) is 5.74. The molecule has 6 nitrogen and oxygen atoms in total. The van der Waals surface area contributed by atoms with Crippen molar-refractivity contribution in [2.45, 2.75) is 19.3 Å². The Bertz CT molecular complexity index is 466. The summed E-state index contributed by atoms with van der Waals surface area (Å²) in [6, 6.07) is 3.24. The molecule has 1 aliphatic rings. The van der Waals surface area contributed by atoms with E-state index in [1.165, 1.54) is 6.20 Å². The molecule has 0 saturated heterocycles. The van der Waals surface area contributed by atoms with Crippen LogP contribution in [0.2, 0.25) is 0 Å². The summed E-state index contributed by atoms with van der Waals surface area (Å²) in [4.78, 5) is 26.3. The minimum absolute atomic E-state index is 0.0854. The van der Waals surface area contributed by atoms with Crippen molar-refractivity contribution in [3.63, 3.8) is 0 Å². The van der Waals surface area contributed by atoms with Gasteiger partial charge in [-0.15, -0.1) is 0 Å². The summed E-state index contributed by atoms with van der Waals surface area (Å²) in [7, 11) is 0. The minimum atomic E-state index is -0.931. The standard InChI is InChI=1S/C12H15N3O3/c13-7-12(3-4-12)11(18)15-9-2-1-8(14-6-9)5-10(16)17/h1-2,6H,3-5,7,13H2,(H,15,18)(H,16,17). The Morgan fingerprint density at radius 1 is 1.44 bits per heavy atom. The smallest absolute Gasteiger partial charge is 0.309 e. The number of pyridine rings is 1. The second-order valence-corrected chi connectivity index (χ2v) is 4.55. The van der Waals surface area contributed by atoms with Gasteiger partial charge in [-0.25, -0.2) is 0 Å². The van der Waals surface area contributed by atoms with Crippen molar-refractivity contribution in [3.05, 3.63) is 24.0 Å². The highest BCUT2D eigenvalue weighted by atomic mass is 16.4. The average Bonchev–Trinajstić information content (AvgIpc) is 3.12. The number of rotatable bonds is 5. The van der Waals surface area contributed by atoms with E-state index in [0.717, 1.165) is 12.8 Å². The molecule has 1 aromatic heterocycles. The van der Waals surface area contributed by atoms with Crippen molar-refractivity contribution in [1.29, 1.82) is 0 Å². The molecular weight excluding hydrogens is 234 g/mol. The second-order valence-electron chi connectivity index (χ2n) is 4.55. The Hall–Kier alpha value is -1.95. The fraction of sp³-hybridized carbons (Fsp3) is 0.417. The van der Waals surface area contributed by atoms with E-state index in [4.69, 9.17) is 10.8 Å². The van der Waals surface area contributed by atoms with E-state index in [1.807, 2.05) is 0 Å². The van der Waals surface area contributed by atoms with Crippen LogP contribution in [-0.2, 0) is 16.0 Å². The van der Waals surface area contributed by atoms with Gasteiger partial charge in [0.05, 0.1) is 29.4 Å². The molecular formula is C12H15N3O3. The monoisotopic (exact) mass is 249 g/mol. The van der Waals surface area contributed by atoms with Gasteiger partial charge in [-0.1, -0.05) is 0 Å². The van der Waals surface area contributed by atoms with Gasteiger partial charge in [-0.05, 0) is 25.0 Å². The third kappa shape index (κ3) is 2.65. The number of amides is 1. The zero-order valence-corrected chi connectivity index (χ0v) is 9.85. The summed E-state index contributed by atoms with van der Waals surface area (Å²) >= 11 is 0. The largest absolute Gasteiger partial charge is 0.481 e. The molecule has 0 radical (unpaired) electrons. The first-order chi connectivity index (χ1) is 8.55. The van der Waals surface area contributed by atoms with E-state index >= 15 is 0 Å². The van der Waals surface area contributed by atoms with Crippen molar-refractivity contribution in [2.24, 2.45) is 11.1 Å². The molecule has 0 unspecified atom stereocenters. The number of hydrogen-bond acceptors (Lipinski definition) is 4. The predicted octanol–water partition coefficient (Wildman–Crippen LogP) is 0.386. The molecule has 2 rings (SSSR count). The molecule has 18 heavy (non-hydrogen) atoms. The van der Waals surface area contributed by atoms with Crippen LogP contribution in [0.5, 0.6) is 0 Å². The van der Waals surface area contributed by atoms with Crippen molar-refractivity contribution >= 4 is 17.6 Å². The zero-order chi connectivity index (χ0) is 13.2. The molecule has 1 amide bonds. The van der Waals surface area contributed by atoms with Crippen LogP contribution >= 0.6 is 0 Å². The van der Waals surface area contributed by atoms with Gasteiger partial charge in [-0.3, -0.25) is 14.6 Å². The van der Waals surface area contributed by atoms with Crippen LogP contribution in [0.4, 0.5) is 5.69 Å². The molecule has 6 heteroatoms. The number of nitrogens with two attached hydrogens (primary N) is 1. The van der Waals surface area contributed by atoms with E-state index < -0.39 is 11.4 Å². The predicted molar refractivity (Wildman–Crippen MR) is 64.9 cm³/mol. The number of aromatic nitrogens is 1. The lowest BCUT2D eigenvalue weighted by Crippen LogP contribution is -2.30. The van der Waals surface area contributed by atoms with E-state index in [9.17, 15) is 9.59 Å². The highest BCUT2D eigenvalue weighted by molar-refractivity contribution is 5.97. The Kier molecular flexibility index (Phi) is 3.29. The van der Waals surface area contributed by atoms with Gasteiger partial charge in [-0.2, -0.15) is 0 Å². The fourth-order valence-corrected chi connectivity index (χ4v) is 1.70. The lowest BCUT2D eigenvalue weighted by atomic mass is 10.1. The molecule has 1 saturated carbocycles. The molecule has 4 N–H and O–H groups in total. The van der Waals surface area contributed by atoms with Gasteiger partial charge in [0.1, 0.15) is 0 Å². The van der Waals surface area contributed by atoms with E-state index in [2.05, 4.69) is 10.3 Å². The number of anilines is 1. The Balaban J connectivity index is 1.98. The van der Waals surface area contributed by atoms with Crippen molar-refractivity contribution in [3.8, 4) is 0 Å². The van der Waals surface area contributed by atoms with Gasteiger partial charge < -0.3 is 16.2 Å². The molecule has 0 spiro atoms. The number of carboxylic acids is 1. The molecule has 1 aliphatic carbocycles. The van der Waals surface area contributed by atoms with Crippen LogP contribution < -0.4 is 11.1 Å². The van der Waals surface area contributed by atoms with Crippen molar-refractivity contribution in [2.75, 3.05) is 11.9 Å². The maximum atomic E-state index is 11.9. The Labute approximate surface area is 104 Å². The van der Waals surface area contributed by atoms with E-state index in [0.29, 0.717) is 17.9 Å². The summed E-state index contributed by atoms with van der Waals surface area (Å²) in [5.41, 5.74) is 6.18. The van der Waals surface area contributed by atoms with Crippen LogP contribution in [0.15, 0.2) is 18.3 Å². The first kappa shape index (κ1) is 12.5. The molecule has 1 aromatic rings. The SMILES string of the molecule is NCC1(C(=O)Nc2ccc(CC(=O)O)nc2)CC1. The first-order valence-corrected chi connectivity index (χ1v) is 5.74. The van der Waals surface area contributed by atoms with Crippen molar-refractivity contribution in [1.82, 2.24) is 4.98 Å². The normalized spacial score (nSPS) is 16.1. The summed E-state index contributed by atoms with van der Waals surface area (Å²) in [6.07, 6.45) is 2.98. The quantitative estimate of drug-likeness (QED) is 0.700. The lowest BCUT2D eigenvalue weighted by molar-refractivity contribution is -0.136. The number of nitrogens with one attached hydrogen (secondary N) is 1. The molecule has 0 bridgehead atoms.